The number of aromatic hydroxyl groups is 2. The third-order valence-corrected chi connectivity index (χ3v) is 4.30. The normalized spacial score (nSPS) is 12.0. The van der Waals surface area contributed by atoms with Gasteiger partial charge in [0.05, 0.1) is 17.7 Å². The van der Waals surface area contributed by atoms with Crippen LogP contribution in [0.2, 0.25) is 0 Å². The first-order chi connectivity index (χ1) is 10.8. The lowest BCUT2D eigenvalue weighted by Crippen LogP contribution is -2.20. The van der Waals surface area contributed by atoms with E-state index in [0.717, 1.165) is 0 Å². The summed E-state index contributed by atoms with van der Waals surface area (Å²) in [5.41, 5.74) is 0.429. The molecule has 0 aliphatic rings. The topological polar surface area (TPSA) is 108 Å². The largest absolute Gasteiger partial charge is 0.508 e. The van der Waals surface area contributed by atoms with Gasteiger partial charge in [0.1, 0.15) is 17.2 Å². The van der Waals surface area contributed by atoms with E-state index in [1.165, 1.54) is 56.5 Å². The first-order valence-electron chi connectivity index (χ1n) is 6.56. The number of hydrogen-bond acceptors (Lipinski definition) is 6. The Balaban J connectivity index is 2.24. The molecule has 0 saturated heterocycles. The number of hydrazone groups is 1. The molecule has 7 nitrogen and oxygen atoms in total. The minimum atomic E-state index is -3.85. The zero-order chi connectivity index (χ0) is 17.0. The van der Waals surface area contributed by atoms with E-state index < -0.39 is 10.0 Å². The number of methoxy groups -OCH3 is 1. The van der Waals surface area contributed by atoms with Crippen LogP contribution in [0.4, 0.5) is 0 Å². The van der Waals surface area contributed by atoms with Gasteiger partial charge in [0.25, 0.3) is 10.0 Å². The molecule has 0 radical (unpaired) electrons. The van der Waals surface area contributed by atoms with Gasteiger partial charge in [-0.25, -0.2) is 0 Å². The minimum absolute atomic E-state index is 0.0231. The van der Waals surface area contributed by atoms with Crippen LogP contribution in [0.3, 0.4) is 0 Å². The van der Waals surface area contributed by atoms with Gasteiger partial charge in [-0.1, -0.05) is 0 Å². The van der Waals surface area contributed by atoms with Gasteiger partial charge in [-0.15, -0.1) is 0 Å². The van der Waals surface area contributed by atoms with Gasteiger partial charge in [-0.2, -0.15) is 18.4 Å². The average Bonchev–Trinajstić information content (AvgIpc) is 2.55. The third-order valence-electron chi connectivity index (χ3n) is 3.07. The fourth-order valence-electron chi connectivity index (χ4n) is 1.81. The molecular formula is C15H16N2O5S. The smallest absolute Gasteiger partial charge is 0.276 e. The van der Waals surface area contributed by atoms with Crippen molar-refractivity contribution in [3.8, 4) is 17.2 Å². The Bertz CT molecular complexity index is 829. The summed E-state index contributed by atoms with van der Waals surface area (Å²) in [6.07, 6.45) is 0. The highest BCUT2D eigenvalue weighted by molar-refractivity contribution is 7.89. The van der Waals surface area contributed by atoms with Crippen LogP contribution in [0.15, 0.2) is 52.5 Å². The lowest BCUT2D eigenvalue weighted by molar-refractivity contribution is 0.414. The fourth-order valence-corrected chi connectivity index (χ4v) is 2.67. The van der Waals surface area contributed by atoms with Crippen LogP contribution >= 0.6 is 0 Å². The molecule has 8 heteroatoms. The molecule has 2 rings (SSSR count). The number of phenols is 2. The van der Waals surface area contributed by atoms with Crippen molar-refractivity contribution in [3.63, 3.8) is 0 Å². The molecule has 0 spiro atoms. The van der Waals surface area contributed by atoms with Gasteiger partial charge < -0.3 is 14.9 Å². The summed E-state index contributed by atoms with van der Waals surface area (Å²) in [4.78, 5) is 2.11. The molecule has 0 aliphatic carbocycles. The lowest BCUT2D eigenvalue weighted by Gasteiger charge is -2.07. The van der Waals surface area contributed by atoms with Crippen LogP contribution < -0.4 is 9.57 Å². The number of nitrogens with zero attached hydrogens (tertiary/aromatic N) is 1. The van der Waals surface area contributed by atoms with Crippen LogP contribution in [0.5, 0.6) is 17.2 Å². The Morgan fingerprint density at radius 3 is 2.39 bits per heavy atom. The average molecular weight is 336 g/mol. The van der Waals surface area contributed by atoms with E-state index in [1.54, 1.807) is 0 Å². The summed E-state index contributed by atoms with van der Waals surface area (Å²) in [6.45, 7) is 1.50. The quantitative estimate of drug-likeness (QED) is 0.438. The van der Waals surface area contributed by atoms with E-state index in [0.29, 0.717) is 5.75 Å². The molecule has 3 N–H and O–H groups in total. The van der Waals surface area contributed by atoms with E-state index in [1.807, 2.05) is 0 Å². The molecule has 0 amide bonds. The third kappa shape index (κ3) is 3.92. The molecule has 23 heavy (non-hydrogen) atoms. The Labute approximate surface area is 133 Å². The second-order valence-electron chi connectivity index (χ2n) is 4.67. The second kappa shape index (κ2) is 6.57. The number of ether oxygens (including phenoxy) is 1. The van der Waals surface area contributed by atoms with Crippen molar-refractivity contribution in [3.05, 3.63) is 48.0 Å². The Kier molecular flexibility index (Phi) is 4.75. The number of hydrogen-bond donors (Lipinski definition) is 3. The molecule has 0 aliphatic heterocycles. The van der Waals surface area contributed by atoms with Crippen LogP contribution in [0, 0.1) is 0 Å². The molecule has 2 aromatic rings. The first-order valence-corrected chi connectivity index (χ1v) is 8.04. The maximum atomic E-state index is 12.1. The number of phenolic OH excluding ortho intramolecular Hbond substituents is 2. The number of nitrogens with one attached hydrogen (secondary N) is 1. The zero-order valence-electron chi connectivity index (χ0n) is 12.5. The van der Waals surface area contributed by atoms with Gasteiger partial charge >= 0.3 is 0 Å². The Morgan fingerprint density at radius 1 is 1.13 bits per heavy atom. The molecule has 0 heterocycles. The molecular weight excluding hydrogens is 320 g/mol. The highest BCUT2D eigenvalue weighted by Gasteiger charge is 2.14. The van der Waals surface area contributed by atoms with E-state index in [-0.39, 0.29) is 27.7 Å². The molecule has 0 fully saturated rings. The fraction of sp³-hybridized carbons (Fsp3) is 0.133. The van der Waals surface area contributed by atoms with Gasteiger partial charge in [-0.3, -0.25) is 0 Å². The summed E-state index contributed by atoms with van der Waals surface area (Å²) in [5, 5.41) is 22.9. The summed E-state index contributed by atoms with van der Waals surface area (Å²) in [7, 11) is -2.37. The molecule has 0 aromatic heterocycles. The lowest BCUT2D eigenvalue weighted by atomic mass is 10.1. The maximum absolute atomic E-state index is 12.1. The standard InChI is InChI=1S/C15H16N2O5S/c1-10(14-9-11(18)3-8-15(14)19)16-17-23(20,21)13-6-4-12(22-2)5-7-13/h3-9,17-19H,1-2H3. The summed E-state index contributed by atoms with van der Waals surface area (Å²) >= 11 is 0. The monoisotopic (exact) mass is 336 g/mol. The summed E-state index contributed by atoms with van der Waals surface area (Å²) in [6, 6.07) is 9.71. The molecule has 0 unspecified atom stereocenters. The van der Waals surface area contributed by atoms with Crippen LogP contribution in [-0.2, 0) is 10.0 Å². The zero-order valence-corrected chi connectivity index (χ0v) is 13.3. The van der Waals surface area contributed by atoms with Gasteiger partial charge in [-0.05, 0) is 49.4 Å². The predicted octanol–water partition coefficient (Wildman–Crippen LogP) is 1.81. The number of benzene rings is 2. The number of sulfonamides is 1. The van der Waals surface area contributed by atoms with Crippen molar-refractivity contribution in [1.82, 2.24) is 4.83 Å². The van der Waals surface area contributed by atoms with Gasteiger partial charge in [0.2, 0.25) is 0 Å². The first kappa shape index (κ1) is 16.6. The van der Waals surface area contributed by atoms with Crippen molar-refractivity contribution in [2.24, 2.45) is 5.10 Å². The van der Waals surface area contributed by atoms with Crippen molar-refractivity contribution in [2.45, 2.75) is 11.8 Å². The summed E-state index contributed by atoms with van der Waals surface area (Å²) < 4.78 is 29.3. The Morgan fingerprint density at radius 2 is 1.78 bits per heavy atom. The molecule has 2 aromatic carbocycles. The summed E-state index contributed by atoms with van der Waals surface area (Å²) in [5.74, 6) is 0.353. The Hall–Kier alpha value is -2.74. The molecule has 122 valence electrons. The maximum Gasteiger partial charge on any atom is 0.276 e. The predicted molar refractivity (Wildman–Crippen MR) is 85.3 cm³/mol. The number of rotatable bonds is 5. The highest BCUT2D eigenvalue weighted by atomic mass is 32.2. The van der Waals surface area contributed by atoms with Crippen LogP contribution in [0.25, 0.3) is 0 Å². The van der Waals surface area contributed by atoms with Crippen molar-refractivity contribution < 1.29 is 23.4 Å². The van der Waals surface area contributed by atoms with E-state index in [4.69, 9.17) is 4.74 Å². The second-order valence-corrected chi connectivity index (χ2v) is 6.33. The molecule has 0 bridgehead atoms. The molecule has 0 saturated carbocycles. The van der Waals surface area contributed by atoms with Gasteiger partial charge in [0, 0.05) is 5.56 Å². The van der Waals surface area contributed by atoms with Crippen molar-refractivity contribution in [1.29, 1.82) is 0 Å². The van der Waals surface area contributed by atoms with E-state index >= 15 is 0 Å². The minimum Gasteiger partial charge on any atom is -0.508 e. The van der Waals surface area contributed by atoms with Gasteiger partial charge in [0.15, 0.2) is 0 Å². The van der Waals surface area contributed by atoms with E-state index in [9.17, 15) is 18.6 Å². The highest BCUT2D eigenvalue weighted by Crippen LogP contribution is 2.22. The van der Waals surface area contributed by atoms with Crippen molar-refractivity contribution in [2.75, 3.05) is 7.11 Å². The molecule has 0 atom stereocenters. The van der Waals surface area contributed by atoms with Crippen LogP contribution in [0.1, 0.15) is 12.5 Å². The van der Waals surface area contributed by atoms with E-state index in [2.05, 4.69) is 9.93 Å². The SMILES string of the molecule is COc1ccc(S(=O)(=O)NN=C(C)c2cc(O)ccc2O)cc1. The van der Waals surface area contributed by atoms with Crippen molar-refractivity contribution >= 4 is 15.7 Å². The van der Waals surface area contributed by atoms with Crippen LogP contribution in [-0.4, -0.2) is 31.5 Å².